The number of aliphatic imine (C=N–C) groups is 1. The minimum atomic E-state index is 0.380. The van der Waals surface area contributed by atoms with Gasteiger partial charge in [-0.3, -0.25) is 4.98 Å². The van der Waals surface area contributed by atoms with E-state index in [1.54, 1.807) is 42.3 Å². The summed E-state index contributed by atoms with van der Waals surface area (Å²) in [6, 6.07) is 3.71. The average Bonchev–Trinajstić information content (AvgIpc) is 2.95. The van der Waals surface area contributed by atoms with Gasteiger partial charge in [-0.1, -0.05) is 29.5 Å². The summed E-state index contributed by atoms with van der Waals surface area (Å²) < 4.78 is 1.62. The van der Waals surface area contributed by atoms with Crippen LogP contribution in [0.5, 0.6) is 0 Å². The predicted molar refractivity (Wildman–Crippen MR) is 75.5 cm³/mol. The van der Waals surface area contributed by atoms with Gasteiger partial charge in [0.15, 0.2) is 0 Å². The third kappa shape index (κ3) is 3.14. The first-order chi connectivity index (χ1) is 9.24. The summed E-state index contributed by atoms with van der Waals surface area (Å²) in [6.07, 6.45) is 8.42. The summed E-state index contributed by atoms with van der Waals surface area (Å²) in [5.74, 6) is 0. The molecule has 5 nitrogen and oxygen atoms in total. The van der Waals surface area contributed by atoms with Gasteiger partial charge in [0, 0.05) is 6.20 Å². The second-order valence-electron chi connectivity index (χ2n) is 3.57. The second-order valence-corrected chi connectivity index (χ2v) is 3.96. The molecule has 2 aromatic rings. The van der Waals surface area contributed by atoms with E-state index in [1.165, 1.54) is 0 Å². The molecule has 0 aliphatic carbocycles. The van der Waals surface area contributed by atoms with Crippen molar-refractivity contribution in [1.29, 1.82) is 0 Å². The number of allylic oxidation sites excluding steroid dienone is 2. The molecule has 0 aliphatic heterocycles. The molecule has 0 unspecified atom stereocenters. The molecule has 0 amide bonds. The molecule has 2 heterocycles. The zero-order valence-electron chi connectivity index (χ0n) is 10.4. The molecule has 0 N–H and O–H groups in total. The normalized spacial score (nSPS) is 12.5. The molecule has 0 aliphatic rings. The van der Waals surface area contributed by atoms with Gasteiger partial charge in [-0.25, -0.2) is 9.67 Å². The Morgan fingerprint density at radius 1 is 1.53 bits per heavy atom. The van der Waals surface area contributed by atoms with E-state index < -0.39 is 0 Å². The molecule has 0 bridgehead atoms. The Hall–Kier alpha value is -2.27. The van der Waals surface area contributed by atoms with Gasteiger partial charge < -0.3 is 0 Å². The third-order valence-corrected chi connectivity index (χ3v) is 2.63. The molecule has 2 rings (SSSR count). The lowest BCUT2D eigenvalue weighted by Crippen LogP contribution is -1.97. The van der Waals surface area contributed by atoms with Crippen LogP contribution in [0.4, 0.5) is 0 Å². The third-order valence-electron chi connectivity index (χ3n) is 2.33. The second kappa shape index (κ2) is 6.06. The van der Waals surface area contributed by atoms with E-state index in [2.05, 4.69) is 26.9 Å². The van der Waals surface area contributed by atoms with E-state index in [0.29, 0.717) is 16.6 Å². The molecular weight excluding hydrogens is 262 g/mol. The van der Waals surface area contributed by atoms with E-state index in [-0.39, 0.29) is 0 Å². The van der Waals surface area contributed by atoms with Crippen LogP contribution in [-0.2, 0) is 0 Å². The highest BCUT2D eigenvalue weighted by molar-refractivity contribution is 6.30. The van der Waals surface area contributed by atoms with Crippen molar-refractivity contribution in [1.82, 2.24) is 20.0 Å². The van der Waals surface area contributed by atoms with Gasteiger partial charge in [0.25, 0.3) is 0 Å². The Morgan fingerprint density at radius 3 is 3.00 bits per heavy atom. The number of pyridine rings is 1. The number of rotatable bonds is 4. The topological polar surface area (TPSA) is 56.0 Å². The Labute approximate surface area is 116 Å². The SMILES string of the molecule is C=CC(=NC(Cl)=CC)c1cn(-c2cccnc2)nn1. The highest BCUT2D eigenvalue weighted by Crippen LogP contribution is 2.09. The molecule has 0 saturated carbocycles. The number of hydrogen-bond donors (Lipinski definition) is 0. The summed E-state index contributed by atoms with van der Waals surface area (Å²) in [5, 5.41) is 8.45. The van der Waals surface area contributed by atoms with Gasteiger partial charge in [-0.2, -0.15) is 0 Å². The predicted octanol–water partition coefficient (Wildman–Crippen LogP) is 2.74. The van der Waals surface area contributed by atoms with Crippen molar-refractivity contribution in [2.75, 3.05) is 0 Å². The van der Waals surface area contributed by atoms with E-state index in [1.807, 2.05) is 12.1 Å². The van der Waals surface area contributed by atoms with Crippen LogP contribution >= 0.6 is 11.6 Å². The van der Waals surface area contributed by atoms with Crippen molar-refractivity contribution < 1.29 is 0 Å². The van der Waals surface area contributed by atoms with Gasteiger partial charge in [-0.15, -0.1) is 5.10 Å². The van der Waals surface area contributed by atoms with Crippen molar-refractivity contribution >= 4 is 17.3 Å². The van der Waals surface area contributed by atoms with E-state index in [4.69, 9.17) is 11.6 Å². The maximum Gasteiger partial charge on any atom is 0.131 e. The molecule has 0 atom stereocenters. The molecule has 19 heavy (non-hydrogen) atoms. The monoisotopic (exact) mass is 273 g/mol. The number of hydrogen-bond acceptors (Lipinski definition) is 4. The van der Waals surface area contributed by atoms with Crippen LogP contribution < -0.4 is 0 Å². The summed E-state index contributed by atoms with van der Waals surface area (Å²) in [5.41, 5.74) is 1.99. The first kappa shape index (κ1) is 13.2. The van der Waals surface area contributed by atoms with Crippen LogP contribution in [0.1, 0.15) is 12.6 Å². The number of nitrogens with zero attached hydrogens (tertiary/aromatic N) is 5. The van der Waals surface area contributed by atoms with E-state index >= 15 is 0 Å². The smallest absolute Gasteiger partial charge is 0.131 e. The largest absolute Gasteiger partial charge is 0.262 e. The van der Waals surface area contributed by atoms with Crippen LogP contribution in [0.3, 0.4) is 0 Å². The molecule has 0 aromatic carbocycles. The Kier molecular flexibility index (Phi) is 4.20. The van der Waals surface area contributed by atoms with Gasteiger partial charge >= 0.3 is 0 Å². The molecule has 2 aromatic heterocycles. The lowest BCUT2D eigenvalue weighted by molar-refractivity contribution is 0.799. The Morgan fingerprint density at radius 2 is 2.37 bits per heavy atom. The Bertz CT molecular complexity index is 627. The molecule has 0 fully saturated rings. The highest BCUT2D eigenvalue weighted by atomic mass is 35.5. The fourth-order valence-corrected chi connectivity index (χ4v) is 1.47. The van der Waals surface area contributed by atoms with E-state index in [9.17, 15) is 0 Å². The zero-order valence-corrected chi connectivity index (χ0v) is 11.1. The number of halogens is 1. The summed E-state index contributed by atoms with van der Waals surface area (Å²) >= 11 is 5.87. The molecular formula is C13H12ClN5. The van der Waals surface area contributed by atoms with Crippen LogP contribution in [0.2, 0.25) is 0 Å². The van der Waals surface area contributed by atoms with Crippen LogP contribution in [0.25, 0.3) is 5.69 Å². The zero-order chi connectivity index (χ0) is 13.7. The van der Waals surface area contributed by atoms with Crippen molar-refractivity contribution in [2.45, 2.75) is 6.92 Å². The van der Waals surface area contributed by atoms with Crippen LogP contribution in [0, 0.1) is 0 Å². The van der Waals surface area contributed by atoms with Crippen molar-refractivity contribution in [3.8, 4) is 5.69 Å². The quantitative estimate of drug-likeness (QED) is 0.636. The standard InChI is InChI=1S/C13H12ClN5/c1-3-11(16-13(14)4-2)12-9-19(18-17-12)10-6-5-7-15-8-10/h3-9H,1H2,2H3. The lowest BCUT2D eigenvalue weighted by atomic mass is 10.3. The lowest BCUT2D eigenvalue weighted by Gasteiger charge is -1.97. The Balaban J connectivity index is 2.35. The first-order valence-corrected chi connectivity index (χ1v) is 5.98. The molecule has 96 valence electrons. The van der Waals surface area contributed by atoms with Crippen LogP contribution in [-0.4, -0.2) is 25.7 Å². The van der Waals surface area contributed by atoms with Gasteiger partial charge in [-0.05, 0) is 25.1 Å². The highest BCUT2D eigenvalue weighted by Gasteiger charge is 2.07. The molecule has 6 heteroatoms. The van der Waals surface area contributed by atoms with Crippen molar-refractivity contribution in [3.63, 3.8) is 0 Å². The molecule has 0 spiro atoms. The van der Waals surface area contributed by atoms with E-state index in [0.717, 1.165) is 5.69 Å². The molecule has 0 radical (unpaired) electrons. The summed E-state index contributed by atoms with van der Waals surface area (Å²) in [6.45, 7) is 5.51. The van der Waals surface area contributed by atoms with Crippen LogP contribution in [0.15, 0.2) is 59.6 Å². The maximum atomic E-state index is 5.87. The minimum Gasteiger partial charge on any atom is -0.262 e. The van der Waals surface area contributed by atoms with Gasteiger partial charge in [0.05, 0.1) is 23.8 Å². The average molecular weight is 274 g/mol. The number of aromatic nitrogens is 4. The van der Waals surface area contributed by atoms with Gasteiger partial charge in [0.1, 0.15) is 10.9 Å². The van der Waals surface area contributed by atoms with Gasteiger partial charge in [0.2, 0.25) is 0 Å². The van der Waals surface area contributed by atoms with Crippen molar-refractivity contribution in [2.24, 2.45) is 4.99 Å². The fourth-order valence-electron chi connectivity index (χ4n) is 1.38. The summed E-state index contributed by atoms with van der Waals surface area (Å²) in [4.78, 5) is 8.21. The maximum absolute atomic E-state index is 5.87. The minimum absolute atomic E-state index is 0.380. The molecule has 0 saturated heterocycles. The van der Waals surface area contributed by atoms with Crippen molar-refractivity contribution in [3.05, 3.63) is 60.3 Å². The first-order valence-electron chi connectivity index (χ1n) is 5.60. The summed E-state index contributed by atoms with van der Waals surface area (Å²) in [7, 11) is 0. The fraction of sp³-hybridized carbons (Fsp3) is 0.0769.